The zero-order valence-corrected chi connectivity index (χ0v) is 18.7. The molecule has 0 heterocycles. The first-order valence-electron chi connectivity index (χ1n) is 12.0. The minimum absolute atomic E-state index is 0.0806. The van der Waals surface area contributed by atoms with Crippen molar-refractivity contribution in [3.63, 3.8) is 0 Å². The molecule has 0 saturated heterocycles. The van der Waals surface area contributed by atoms with E-state index in [2.05, 4.69) is 56.4 Å². The fourth-order valence-electron chi connectivity index (χ4n) is 3.85. The Balaban J connectivity index is 1.83. The van der Waals surface area contributed by atoms with Gasteiger partial charge < -0.3 is 5.32 Å². The molecule has 1 aromatic rings. The minimum Gasteiger partial charge on any atom is -0.308 e. The van der Waals surface area contributed by atoms with Crippen molar-refractivity contribution in [3.8, 4) is 0 Å². The van der Waals surface area contributed by atoms with E-state index < -0.39 is 0 Å². The van der Waals surface area contributed by atoms with Crippen LogP contribution in [-0.2, 0) is 5.54 Å². The third-order valence-electron chi connectivity index (χ3n) is 5.84. The smallest absolute Gasteiger partial charge is 0.0377 e. The lowest BCUT2D eigenvalue weighted by Crippen LogP contribution is -2.37. The summed E-state index contributed by atoms with van der Waals surface area (Å²) in [5, 5.41) is 3.72. The lowest BCUT2D eigenvalue weighted by atomic mass is 9.94. The Morgan fingerprint density at radius 2 is 1.00 bits per heavy atom. The quantitative estimate of drug-likeness (QED) is 0.255. The molecule has 1 nitrogen and oxygen atoms in total. The van der Waals surface area contributed by atoms with E-state index in [1.807, 2.05) is 0 Å². The molecule has 0 amide bonds. The number of hydrogen-bond acceptors (Lipinski definition) is 1. The SMILES string of the molecule is CCCCCCCCCCCCCCCCCNC(C)(C)c1ccccc1. The van der Waals surface area contributed by atoms with Gasteiger partial charge in [-0.2, -0.15) is 0 Å². The Morgan fingerprint density at radius 3 is 1.44 bits per heavy atom. The van der Waals surface area contributed by atoms with Gasteiger partial charge in [-0.3, -0.25) is 0 Å². The van der Waals surface area contributed by atoms with Crippen molar-refractivity contribution in [2.24, 2.45) is 0 Å². The van der Waals surface area contributed by atoms with Crippen LogP contribution in [0.4, 0.5) is 0 Å². The number of rotatable bonds is 18. The van der Waals surface area contributed by atoms with Gasteiger partial charge in [0.25, 0.3) is 0 Å². The first kappa shape index (κ1) is 24.2. The van der Waals surface area contributed by atoms with Crippen LogP contribution in [0.25, 0.3) is 0 Å². The monoisotopic (exact) mass is 373 g/mol. The molecular formula is C26H47N. The topological polar surface area (TPSA) is 12.0 Å². The molecule has 0 aromatic heterocycles. The molecule has 0 radical (unpaired) electrons. The maximum Gasteiger partial charge on any atom is 0.0377 e. The molecule has 1 aromatic carbocycles. The van der Waals surface area contributed by atoms with Gasteiger partial charge in [-0.15, -0.1) is 0 Å². The Kier molecular flexibility index (Phi) is 14.5. The zero-order chi connectivity index (χ0) is 19.6. The highest BCUT2D eigenvalue weighted by Crippen LogP contribution is 2.19. The molecular weight excluding hydrogens is 326 g/mol. The minimum atomic E-state index is 0.0806. The summed E-state index contributed by atoms with van der Waals surface area (Å²) in [6.45, 7) is 7.99. The van der Waals surface area contributed by atoms with Crippen LogP contribution in [-0.4, -0.2) is 6.54 Å². The van der Waals surface area contributed by atoms with Gasteiger partial charge in [-0.25, -0.2) is 0 Å². The van der Waals surface area contributed by atoms with E-state index in [0.29, 0.717) is 0 Å². The molecule has 0 saturated carbocycles. The predicted octanol–water partition coefficient (Wildman–Crippen LogP) is 8.38. The number of hydrogen-bond donors (Lipinski definition) is 1. The summed E-state index contributed by atoms with van der Waals surface area (Å²) in [7, 11) is 0. The molecule has 0 fully saturated rings. The van der Waals surface area contributed by atoms with Crippen molar-refractivity contribution < 1.29 is 0 Å². The first-order chi connectivity index (χ1) is 13.2. The van der Waals surface area contributed by atoms with Gasteiger partial charge in [-0.1, -0.05) is 127 Å². The number of nitrogens with one attached hydrogen (secondary N) is 1. The molecule has 0 atom stereocenters. The summed E-state index contributed by atoms with van der Waals surface area (Å²) < 4.78 is 0. The first-order valence-corrected chi connectivity index (χ1v) is 12.0. The highest BCUT2D eigenvalue weighted by atomic mass is 14.9. The third kappa shape index (κ3) is 13.1. The van der Waals surface area contributed by atoms with E-state index in [9.17, 15) is 0 Å². The highest BCUT2D eigenvalue weighted by Gasteiger charge is 2.18. The molecule has 0 spiro atoms. The average molecular weight is 374 g/mol. The van der Waals surface area contributed by atoms with Crippen molar-refractivity contribution >= 4 is 0 Å². The van der Waals surface area contributed by atoms with Crippen LogP contribution in [0, 0.1) is 0 Å². The van der Waals surface area contributed by atoms with Gasteiger partial charge in [-0.05, 0) is 32.4 Å². The summed E-state index contributed by atoms with van der Waals surface area (Å²) >= 11 is 0. The Labute approximate surface area is 170 Å². The van der Waals surface area contributed by atoms with Crippen LogP contribution in [0.2, 0.25) is 0 Å². The van der Waals surface area contributed by atoms with Gasteiger partial charge in [0.2, 0.25) is 0 Å². The third-order valence-corrected chi connectivity index (χ3v) is 5.84. The molecule has 0 unspecified atom stereocenters. The van der Waals surface area contributed by atoms with E-state index >= 15 is 0 Å². The second kappa shape index (κ2) is 16.2. The summed E-state index contributed by atoms with van der Waals surface area (Å²) in [4.78, 5) is 0. The lowest BCUT2D eigenvalue weighted by molar-refractivity contribution is 0.394. The van der Waals surface area contributed by atoms with Crippen molar-refractivity contribution in [1.82, 2.24) is 5.32 Å². The van der Waals surface area contributed by atoms with Crippen LogP contribution in [0.1, 0.15) is 123 Å². The van der Waals surface area contributed by atoms with E-state index in [-0.39, 0.29) is 5.54 Å². The van der Waals surface area contributed by atoms with Gasteiger partial charge in [0.1, 0.15) is 0 Å². The van der Waals surface area contributed by atoms with Crippen LogP contribution in [0.15, 0.2) is 30.3 Å². The standard InChI is InChI=1S/C26H47N/c1-4-5-6-7-8-9-10-11-12-13-14-15-16-17-21-24-27-26(2,3)25-22-19-18-20-23-25/h18-20,22-23,27H,4-17,21,24H2,1-3H3. The molecule has 156 valence electrons. The summed E-state index contributed by atoms with van der Waals surface area (Å²) in [5.74, 6) is 0. The zero-order valence-electron chi connectivity index (χ0n) is 18.7. The Bertz CT molecular complexity index is 423. The molecule has 0 aliphatic carbocycles. The van der Waals surface area contributed by atoms with E-state index in [0.717, 1.165) is 6.54 Å². The summed E-state index contributed by atoms with van der Waals surface area (Å²) in [6, 6.07) is 10.8. The molecule has 1 rings (SSSR count). The molecule has 0 aliphatic rings. The van der Waals surface area contributed by atoms with Crippen molar-refractivity contribution in [2.75, 3.05) is 6.54 Å². The molecule has 1 heteroatoms. The van der Waals surface area contributed by atoms with Gasteiger partial charge in [0, 0.05) is 5.54 Å². The van der Waals surface area contributed by atoms with Crippen molar-refractivity contribution in [3.05, 3.63) is 35.9 Å². The molecule has 1 N–H and O–H groups in total. The number of unbranched alkanes of at least 4 members (excludes halogenated alkanes) is 14. The van der Waals surface area contributed by atoms with Crippen molar-refractivity contribution in [1.29, 1.82) is 0 Å². The van der Waals surface area contributed by atoms with Crippen LogP contribution >= 0.6 is 0 Å². The van der Waals surface area contributed by atoms with Crippen LogP contribution in [0.3, 0.4) is 0 Å². The maximum atomic E-state index is 3.72. The van der Waals surface area contributed by atoms with Crippen LogP contribution in [0.5, 0.6) is 0 Å². The fourth-order valence-corrected chi connectivity index (χ4v) is 3.85. The summed E-state index contributed by atoms with van der Waals surface area (Å²) in [6.07, 6.45) is 21.4. The predicted molar refractivity (Wildman–Crippen MR) is 122 cm³/mol. The molecule has 27 heavy (non-hydrogen) atoms. The Hall–Kier alpha value is -0.820. The van der Waals surface area contributed by atoms with E-state index in [4.69, 9.17) is 0 Å². The normalized spacial score (nSPS) is 11.8. The fraction of sp³-hybridized carbons (Fsp3) is 0.769. The lowest BCUT2D eigenvalue weighted by Gasteiger charge is -2.27. The maximum absolute atomic E-state index is 3.72. The van der Waals surface area contributed by atoms with Crippen molar-refractivity contribution in [2.45, 2.75) is 123 Å². The number of benzene rings is 1. The Morgan fingerprint density at radius 1 is 0.593 bits per heavy atom. The van der Waals surface area contributed by atoms with Gasteiger partial charge >= 0.3 is 0 Å². The molecule has 0 bridgehead atoms. The average Bonchev–Trinajstić information content (AvgIpc) is 2.68. The van der Waals surface area contributed by atoms with E-state index in [1.54, 1.807) is 0 Å². The second-order valence-corrected chi connectivity index (χ2v) is 8.87. The van der Waals surface area contributed by atoms with Gasteiger partial charge in [0.05, 0.1) is 0 Å². The van der Waals surface area contributed by atoms with E-state index in [1.165, 1.54) is 102 Å². The van der Waals surface area contributed by atoms with Gasteiger partial charge in [0.15, 0.2) is 0 Å². The largest absolute Gasteiger partial charge is 0.308 e. The second-order valence-electron chi connectivity index (χ2n) is 8.87. The molecule has 0 aliphatic heterocycles. The van der Waals surface area contributed by atoms with Crippen LogP contribution < -0.4 is 5.32 Å². The summed E-state index contributed by atoms with van der Waals surface area (Å²) in [5.41, 5.74) is 1.46. The highest BCUT2D eigenvalue weighted by molar-refractivity contribution is 5.22.